The lowest BCUT2D eigenvalue weighted by atomic mass is 9.81. The standard InChI is InChI=1S/C25H35F2N7O3S/c1-15-10-28-21(30-18-9-16(2)32-38-18)31-19(15)34-12-24(6,13-34)11-29-20(35)17-7-8-33(14-25(17,26)27)22(36)37-23(3,4)5/h9-10,17H,7-8,11-14H2,1-6H3,(H,29,35)(H,28,30,31). The largest absolute Gasteiger partial charge is 0.444 e. The molecule has 2 aliphatic heterocycles. The van der Waals surface area contributed by atoms with E-state index < -0.39 is 36.0 Å². The highest BCUT2D eigenvalue weighted by Gasteiger charge is 2.50. The molecule has 2 aromatic heterocycles. The quantitative estimate of drug-likeness (QED) is 0.551. The van der Waals surface area contributed by atoms with Crippen molar-refractivity contribution in [3.63, 3.8) is 0 Å². The third-order valence-electron chi connectivity index (χ3n) is 6.51. The number of nitrogens with zero attached hydrogens (tertiary/aromatic N) is 5. The van der Waals surface area contributed by atoms with E-state index in [-0.39, 0.29) is 24.9 Å². The maximum absolute atomic E-state index is 14.9. The fraction of sp³-hybridized carbons (Fsp3) is 0.640. The van der Waals surface area contributed by atoms with Crippen LogP contribution < -0.4 is 15.5 Å². The van der Waals surface area contributed by atoms with Crippen molar-refractivity contribution in [3.8, 4) is 0 Å². The van der Waals surface area contributed by atoms with Gasteiger partial charge in [0.2, 0.25) is 11.9 Å². The van der Waals surface area contributed by atoms with Gasteiger partial charge in [0.25, 0.3) is 5.92 Å². The molecule has 0 spiro atoms. The number of amides is 2. The van der Waals surface area contributed by atoms with Crippen molar-refractivity contribution in [1.82, 2.24) is 24.6 Å². The molecule has 2 aromatic rings. The van der Waals surface area contributed by atoms with Gasteiger partial charge in [-0.3, -0.25) is 4.79 Å². The van der Waals surface area contributed by atoms with Crippen molar-refractivity contribution in [3.05, 3.63) is 23.5 Å². The van der Waals surface area contributed by atoms with Crippen LogP contribution in [0.2, 0.25) is 0 Å². The highest BCUT2D eigenvalue weighted by molar-refractivity contribution is 7.10. The van der Waals surface area contributed by atoms with Crippen LogP contribution in [-0.2, 0) is 9.53 Å². The van der Waals surface area contributed by atoms with Crippen LogP contribution in [0.25, 0.3) is 0 Å². The Bertz CT molecular complexity index is 1190. The van der Waals surface area contributed by atoms with Gasteiger partial charge in [-0.1, -0.05) is 6.92 Å². The number of carbonyl (C=O) groups excluding carboxylic acids is 2. The third kappa shape index (κ3) is 6.48. The van der Waals surface area contributed by atoms with Crippen molar-refractivity contribution < 1.29 is 23.1 Å². The number of piperidine rings is 1. The molecule has 2 N–H and O–H groups in total. The van der Waals surface area contributed by atoms with Crippen LogP contribution in [0.3, 0.4) is 0 Å². The molecule has 1 atom stereocenters. The molecule has 2 fully saturated rings. The van der Waals surface area contributed by atoms with E-state index in [4.69, 9.17) is 4.74 Å². The van der Waals surface area contributed by atoms with E-state index in [1.54, 1.807) is 27.0 Å². The Labute approximate surface area is 225 Å². The van der Waals surface area contributed by atoms with Crippen LogP contribution >= 0.6 is 11.5 Å². The number of ether oxygens (including phenoxy) is 1. The number of hydrogen-bond acceptors (Lipinski definition) is 9. The summed E-state index contributed by atoms with van der Waals surface area (Å²) in [5, 5.41) is 6.75. The fourth-order valence-electron chi connectivity index (χ4n) is 4.65. The average molecular weight is 552 g/mol. The molecule has 2 amide bonds. The summed E-state index contributed by atoms with van der Waals surface area (Å²) < 4.78 is 39.2. The highest BCUT2D eigenvalue weighted by atomic mass is 32.1. The predicted molar refractivity (Wildman–Crippen MR) is 141 cm³/mol. The van der Waals surface area contributed by atoms with Crippen LogP contribution in [-0.4, -0.2) is 75.5 Å². The Balaban J connectivity index is 1.30. The van der Waals surface area contributed by atoms with Crippen molar-refractivity contribution >= 4 is 40.3 Å². The minimum Gasteiger partial charge on any atom is -0.444 e. The lowest BCUT2D eigenvalue weighted by Crippen LogP contribution is -2.61. The molecule has 1 unspecified atom stereocenters. The van der Waals surface area contributed by atoms with Crippen molar-refractivity contribution in [2.24, 2.45) is 11.3 Å². The monoisotopic (exact) mass is 551 g/mol. The normalized spacial score (nSPS) is 20.5. The van der Waals surface area contributed by atoms with Crippen LogP contribution in [0.15, 0.2) is 12.3 Å². The Hall–Kier alpha value is -3.09. The SMILES string of the molecule is Cc1cc(Nc2ncc(C)c(N3CC(C)(CNC(=O)C4CCN(C(=O)OC(C)(C)C)CC4(F)F)C3)n2)sn1. The van der Waals surface area contributed by atoms with E-state index in [2.05, 4.69) is 29.9 Å². The lowest BCUT2D eigenvalue weighted by Gasteiger charge is -2.49. The summed E-state index contributed by atoms with van der Waals surface area (Å²) in [6.45, 7) is 11.6. The number of carbonyl (C=O) groups is 2. The van der Waals surface area contributed by atoms with Crippen LogP contribution in [0.4, 0.5) is 30.3 Å². The van der Waals surface area contributed by atoms with Crippen molar-refractivity contribution in [1.29, 1.82) is 0 Å². The highest BCUT2D eigenvalue weighted by Crippen LogP contribution is 2.37. The molecule has 0 bridgehead atoms. The van der Waals surface area contributed by atoms with Gasteiger partial charge in [-0.15, -0.1) is 0 Å². The summed E-state index contributed by atoms with van der Waals surface area (Å²) in [5.41, 5.74) is 0.757. The Morgan fingerprint density at radius 2 is 1.95 bits per heavy atom. The Morgan fingerprint density at radius 3 is 2.55 bits per heavy atom. The number of hydrogen-bond donors (Lipinski definition) is 2. The summed E-state index contributed by atoms with van der Waals surface area (Å²) in [6, 6.07) is 1.92. The number of aromatic nitrogens is 3. The molecule has 208 valence electrons. The van der Waals surface area contributed by atoms with Gasteiger partial charge in [0.15, 0.2) is 0 Å². The minimum atomic E-state index is -3.34. The number of nitrogens with one attached hydrogen (secondary N) is 2. The fourth-order valence-corrected chi connectivity index (χ4v) is 5.31. The Morgan fingerprint density at radius 1 is 1.24 bits per heavy atom. The zero-order valence-electron chi connectivity index (χ0n) is 22.6. The van der Waals surface area contributed by atoms with Crippen LogP contribution in [0.1, 0.15) is 45.4 Å². The van der Waals surface area contributed by atoms with Crippen molar-refractivity contribution in [2.75, 3.05) is 42.9 Å². The molecule has 13 heteroatoms. The molecule has 0 aliphatic carbocycles. The van der Waals surface area contributed by atoms with E-state index >= 15 is 0 Å². The number of anilines is 3. The minimum absolute atomic E-state index is 0.0398. The molecule has 4 heterocycles. The van der Waals surface area contributed by atoms with Gasteiger partial charge >= 0.3 is 6.09 Å². The first-order valence-electron chi connectivity index (χ1n) is 12.6. The van der Waals surface area contributed by atoms with Crippen LogP contribution in [0.5, 0.6) is 0 Å². The zero-order chi connectivity index (χ0) is 27.9. The van der Waals surface area contributed by atoms with Gasteiger partial charge in [-0.2, -0.15) is 9.36 Å². The maximum Gasteiger partial charge on any atom is 0.410 e. The number of likely N-dealkylation sites (tertiary alicyclic amines) is 1. The topological polar surface area (TPSA) is 113 Å². The first-order valence-corrected chi connectivity index (χ1v) is 13.3. The van der Waals surface area contributed by atoms with Gasteiger partial charge in [0.05, 0.1) is 12.2 Å². The molecular formula is C25H35F2N7O3S. The van der Waals surface area contributed by atoms with Gasteiger partial charge in [0, 0.05) is 43.4 Å². The van der Waals surface area contributed by atoms with Gasteiger partial charge in [0.1, 0.15) is 22.3 Å². The first-order chi connectivity index (χ1) is 17.6. The first kappa shape index (κ1) is 27.9. The van der Waals surface area contributed by atoms with Gasteiger partial charge in [-0.25, -0.2) is 18.6 Å². The predicted octanol–water partition coefficient (Wildman–Crippen LogP) is 4.13. The van der Waals surface area contributed by atoms with E-state index in [9.17, 15) is 18.4 Å². The summed E-state index contributed by atoms with van der Waals surface area (Å²) in [6.07, 6.45) is 0.830. The summed E-state index contributed by atoms with van der Waals surface area (Å²) >= 11 is 1.33. The third-order valence-corrected chi connectivity index (χ3v) is 7.31. The molecule has 38 heavy (non-hydrogen) atoms. The van der Waals surface area contributed by atoms with E-state index in [1.165, 1.54) is 11.5 Å². The second-order valence-corrected chi connectivity index (χ2v) is 12.4. The van der Waals surface area contributed by atoms with Gasteiger partial charge in [-0.05, 0) is 58.6 Å². The molecule has 0 saturated carbocycles. The second kappa shape index (κ2) is 10.2. The van der Waals surface area contributed by atoms with E-state index in [1.807, 2.05) is 26.8 Å². The van der Waals surface area contributed by atoms with E-state index in [0.717, 1.165) is 27.0 Å². The molecule has 4 rings (SSSR count). The zero-order valence-corrected chi connectivity index (χ0v) is 23.4. The van der Waals surface area contributed by atoms with Crippen molar-refractivity contribution in [2.45, 2.75) is 59.5 Å². The van der Waals surface area contributed by atoms with E-state index in [0.29, 0.717) is 19.0 Å². The molecule has 0 aromatic carbocycles. The maximum atomic E-state index is 14.9. The number of alkyl halides is 2. The summed E-state index contributed by atoms with van der Waals surface area (Å²) in [5.74, 6) is -4.27. The van der Waals surface area contributed by atoms with Crippen LogP contribution in [0, 0.1) is 25.2 Å². The second-order valence-electron chi connectivity index (χ2n) is 11.5. The molecule has 2 aliphatic rings. The summed E-state index contributed by atoms with van der Waals surface area (Å²) in [4.78, 5) is 37.0. The molecule has 10 nitrogen and oxygen atoms in total. The smallest absolute Gasteiger partial charge is 0.410 e. The summed E-state index contributed by atoms with van der Waals surface area (Å²) in [7, 11) is 0. The molecule has 2 saturated heterocycles. The molecular weight excluding hydrogens is 516 g/mol. The number of aryl methyl sites for hydroxylation is 2. The number of rotatable bonds is 6. The number of halogens is 2. The Kier molecular flexibility index (Phi) is 7.52. The lowest BCUT2D eigenvalue weighted by molar-refractivity contribution is -0.151. The van der Waals surface area contributed by atoms with Gasteiger partial charge < -0.3 is 25.2 Å². The average Bonchev–Trinajstić information content (AvgIpc) is 3.19. The molecule has 0 radical (unpaired) electrons.